The fraction of sp³-hybridized carbons (Fsp3) is 0.394. The predicted octanol–water partition coefficient (Wildman–Crippen LogP) is 5.96. The van der Waals surface area contributed by atoms with Crippen molar-refractivity contribution in [2.24, 2.45) is 0 Å². The van der Waals surface area contributed by atoms with Crippen molar-refractivity contribution in [3.8, 4) is 0 Å². The number of anilines is 1. The van der Waals surface area contributed by atoms with Gasteiger partial charge < -0.3 is 10.2 Å². The summed E-state index contributed by atoms with van der Waals surface area (Å²) >= 11 is 6.27. The summed E-state index contributed by atoms with van der Waals surface area (Å²) in [4.78, 5) is 29.4. The molecule has 9 heteroatoms. The second-order valence-electron chi connectivity index (χ2n) is 11.7. The molecule has 3 rings (SSSR count). The van der Waals surface area contributed by atoms with Gasteiger partial charge in [-0.1, -0.05) is 93.9 Å². The zero-order chi connectivity index (χ0) is 31.1. The summed E-state index contributed by atoms with van der Waals surface area (Å²) in [5.41, 5.74) is 2.91. The van der Waals surface area contributed by atoms with Crippen LogP contribution in [-0.4, -0.2) is 50.0 Å². The zero-order valence-corrected chi connectivity index (χ0v) is 26.9. The van der Waals surface area contributed by atoms with Gasteiger partial charge in [-0.05, 0) is 59.7 Å². The van der Waals surface area contributed by atoms with Crippen molar-refractivity contribution in [1.82, 2.24) is 10.2 Å². The first-order valence-corrected chi connectivity index (χ1v) is 16.4. The van der Waals surface area contributed by atoms with Gasteiger partial charge in [0.05, 0.1) is 11.9 Å². The lowest BCUT2D eigenvalue weighted by Crippen LogP contribution is -2.54. The van der Waals surface area contributed by atoms with Gasteiger partial charge in [-0.15, -0.1) is 0 Å². The Morgan fingerprint density at radius 1 is 0.929 bits per heavy atom. The number of nitrogens with zero attached hydrogens (tertiary/aromatic N) is 2. The quantitative estimate of drug-likeness (QED) is 0.274. The maximum atomic E-state index is 14.2. The number of nitrogens with one attached hydrogen (secondary N) is 1. The SMILES string of the molecule is CC[C@H](C)NC(=O)[C@@H](Cc1ccccc1)N(Cc1cccc(Cl)c1)C(=O)CN(c1ccc(C(C)(C)C)cc1)S(C)(=O)=O. The van der Waals surface area contributed by atoms with Gasteiger partial charge in [0.2, 0.25) is 21.8 Å². The number of halogens is 1. The minimum Gasteiger partial charge on any atom is -0.352 e. The fourth-order valence-corrected chi connectivity index (χ4v) is 5.63. The molecule has 0 aromatic heterocycles. The molecular formula is C33H42ClN3O4S. The molecule has 3 aromatic rings. The van der Waals surface area contributed by atoms with Crippen LogP contribution in [0, 0.1) is 0 Å². The van der Waals surface area contributed by atoms with Crippen molar-refractivity contribution < 1.29 is 18.0 Å². The van der Waals surface area contributed by atoms with Gasteiger partial charge in [-0.2, -0.15) is 0 Å². The number of hydrogen-bond acceptors (Lipinski definition) is 4. The van der Waals surface area contributed by atoms with Gasteiger partial charge in [0.15, 0.2) is 0 Å². The van der Waals surface area contributed by atoms with E-state index < -0.39 is 28.5 Å². The molecule has 0 saturated carbocycles. The minimum absolute atomic E-state index is 0.0748. The highest BCUT2D eigenvalue weighted by atomic mass is 35.5. The highest BCUT2D eigenvalue weighted by molar-refractivity contribution is 7.92. The molecule has 0 aliphatic rings. The number of amides is 2. The summed E-state index contributed by atoms with van der Waals surface area (Å²) in [5.74, 6) is -0.801. The van der Waals surface area contributed by atoms with Crippen LogP contribution in [0.25, 0.3) is 0 Å². The average molecular weight is 612 g/mol. The normalized spacial score (nSPS) is 13.2. The van der Waals surface area contributed by atoms with Crippen LogP contribution < -0.4 is 9.62 Å². The summed E-state index contributed by atoms with van der Waals surface area (Å²) in [6.45, 7) is 9.72. The van der Waals surface area contributed by atoms with Crippen LogP contribution in [0.5, 0.6) is 0 Å². The number of hydrogen-bond donors (Lipinski definition) is 1. The predicted molar refractivity (Wildman–Crippen MR) is 171 cm³/mol. The Balaban J connectivity index is 2.06. The topological polar surface area (TPSA) is 86.8 Å². The Hall–Kier alpha value is -3.36. The zero-order valence-electron chi connectivity index (χ0n) is 25.3. The Bertz CT molecular complexity index is 1450. The molecule has 0 saturated heterocycles. The number of sulfonamides is 1. The molecule has 1 N–H and O–H groups in total. The van der Waals surface area contributed by atoms with Crippen molar-refractivity contribution in [3.63, 3.8) is 0 Å². The van der Waals surface area contributed by atoms with Gasteiger partial charge in [0, 0.05) is 24.0 Å². The summed E-state index contributed by atoms with van der Waals surface area (Å²) in [5, 5.41) is 3.53. The van der Waals surface area contributed by atoms with E-state index >= 15 is 0 Å². The Labute approximate surface area is 255 Å². The Kier molecular flexibility index (Phi) is 11.2. The van der Waals surface area contributed by atoms with E-state index in [1.807, 2.05) is 62.4 Å². The van der Waals surface area contributed by atoms with E-state index in [0.29, 0.717) is 10.7 Å². The highest BCUT2D eigenvalue weighted by Gasteiger charge is 2.33. The van der Waals surface area contributed by atoms with E-state index in [9.17, 15) is 18.0 Å². The van der Waals surface area contributed by atoms with Crippen LogP contribution in [0.2, 0.25) is 5.02 Å². The van der Waals surface area contributed by atoms with Crippen molar-refractivity contribution in [2.45, 2.75) is 71.5 Å². The number of carbonyl (C=O) groups excluding carboxylic acids is 2. The van der Waals surface area contributed by atoms with Gasteiger partial charge in [-0.3, -0.25) is 13.9 Å². The molecule has 0 unspecified atom stereocenters. The van der Waals surface area contributed by atoms with Crippen LogP contribution >= 0.6 is 11.6 Å². The molecule has 0 radical (unpaired) electrons. The average Bonchev–Trinajstić information content (AvgIpc) is 2.93. The third kappa shape index (κ3) is 9.33. The lowest BCUT2D eigenvalue weighted by Gasteiger charge is -2.34. The van der Waals surface area contributed by atoms with E-state index in [-0.39, 0.29) is 30.3 Å². The van der Waals surface area contributed by atoms with Crippen LogP contribution in [0.15, 0.2) is 78.9 Å². The minimum atomic E-state index is -3.84. The van der Waals surface area contributed by atoms with Gasteiger partial charge in [-0.25, -0.2) is 8.42 Å². The van der Waals surface area contributed by atoms with Crippen LogP contribution in [0.3, 0.4) is 0 Å². The van der Waals surface area contributed by atoms with Gasteiger partial charge >= 0.3 is 0 Å². The van der Waals surface area contributed by atoms with Crippen LogP contribution in [0.4, 0.5) is 5.69 Å². The molecule has 0 fully saturated rings. The maximum absolute atomic E-state index is 14.2. The lowest BCUT2D eigenvalue weighted by atomic mass is 9.87. The Morgan fingerprint density at radius 3 is 2.10 bits per heavy atom. The number of benzene rings is 3. The first-order chi connectivity index (χ1) is 19.7. The molecule has 7 nitrogen and oxygen atoms in total. The van der Waals surface area contributed by atoms with Crippen LogP contribution in [-0.2, 0) is 38.0 Å². The molecule has 226 valence electrons. The molecule has 2 atom stereocenters. The van der Waals surface area contributed by atoms with Gasteiger partial charge in [0.25, 0.3) is 0 Å². The lowest BCUT2D eigenvalue weighted by molar-refractivity contribution is -0.140. The molecule has 3 aromatic carbocycles. The largest absolute Gasteiger partial charge is 0.352 e. The molecule has 2 amide bonds. The fourth-order valence-electron chi connectivity index (χ4n) is 4.57. The molecular weight excluding hydrogens is 570 g/mol. The third-order valence-electron chi connectivity index (χ3n) is 7.21. The molecule has 42 heavy (non-hydrogen) atoms. The number of rotatable bonds is 12. The van der Waals surface area contributed by atoms with Gasteiger partial charge in [0.1, 0.15) is 12.6 Å². The standard InChI is InChI=1S/C33H42ClN3O4S/c1-7-24(2)35-32(39)30(21-25-12-9-8-10-13-25)36(22-26-14-11-15-28(34)20-26)31(38)23-37(42(6,40)41)29-18-16-27(17-19-29)33(3,4)5/h8-20,24,30H,7,21-23H2,1-6H3,(H,35,39)/t24-,30+/m0/s1. The van der Waals surface area contributed by atoms with Crippen molar-refractivity contribution in [3.05, 3.63) is 101 Å². The second kappa shape index (κ2) is 14.2. The van der Waals surface area contributed by atoms with E-state index in [1.54, 1.807) is 30.3 Å². The second-order valence-corrected chi connectivity index (χ2v) is 14.1. The summed E-state index contributed by atoms with van der Waals surface area (Å²) in [7, 11) is -3.84. The molecule has 0 spiro atoms. The van der Waals surface area contributed by atoms with E-state index in [0.717, 1.165) is 33.7 Å². The first kappa shape index (κ1) is 33.1. The number of carbonyl (C=O) groups is 2. The first-order valence-electron chi connectivity index (χ1n) is 14.2. The van der Waals surface area contributed by atoms with Crippen molar-refractivity contribution >= 4 is 39.1 Å². The van der Waals surface area contributed by atoms with E-state index in [4.69, 9.17) is 11.6 Å². The Morgan fingerprint density at radius 2 is 1.55 bits per heavy atom. The van der Waals surface area contributed by atoms with E-state index in [2.05, 4.69) is 26.1 Å². The summed E-state index contributed by atoms with van der Waals surface area (Å²) < 4.78 is 27.1. The smallest absolute Gasteiger partial charge is 0.244 e. The summed E-state index contributed by atoms with van der Waals surface area (Å²) in [6.07, 6.45) is 2.06. The molecule has 0 aliphatic carbocycles. The molecule has 0 heterocycles. The van der Waals surface area contributed by atoms with Crippen molar-refractivity contribution in [1.29, 1.82) is 0 Å². The molecule has 0 bridgehead atoms. The van der Waals surface area contributed by atoms with Crippen LogP contribution in [0.1, 0.15) is 57.7 Å². The maximum Gasteiger partial charge on any atom is 0.244 e. The van der Waals surface area contributed by atoms with Crippen molar-refractivity contribution in [2.75, 3.05) is 17.1 Å². The summed E-state index contributed by atoms with van der Waals surface area (Å²) in [6, 6.07) is 22.8. The highest BCUT2D eigenvalue weighted by Crippen LogP contribution is 2.26. The molecule has 0 aliphatic heterocycles. The van der Waals surface area contributed by atoms with E-state index in [1.165, 1.54) is 4.90 Å². The monoisotopic (exact) mass is 611 g/mol. The third-order valence-corrected chi connectivity index (χ3v) is 8.59.